The van der Waals surface area contributed by atoms with Gasteiger partial charge in [0.2, 0.25) is 0 Å². The van der Waals surface area contributed by atoms with Crippen molar-refractivity contribution in [1.82, 2.24) is 0 Å². The van der Waals surface area contributed by atoms with Crippen LogP contribution >= 0.6 is 0 Å². The normalized spacial score (nSPS) is 28.6. The molecule has 2 N–H and O–H groups in total. The molecule has 0 aromatic carbocycles. The van der Waals surface area contributed by atoms with Gasteiger partial charge in [-0.25, -0.2) is 0 Å². The molecule has 1 unspecified atom stereocenters. The van der Waals surface area contributed by atoms with Crippen LogP contribution in [0.4, 0.5) is 0 Å². The van der Waals surface area contributed by atoms with E-state index < -0.39 is 0 Å². The Morgan fingerprint density at radius 2 is 2.00 bits per heavy atom. The summed E-state index contributed by atoms with van der Waals surface area (Å²) in [6, 6.07) is 0.151. The van der Waals surface area contributed by atoms with E-state index >= 15 is 0 Å². The summed E-state index contributed by atoms with van der Waals surface area (Å²) in [5, 5.41) is 0. The summed E-state index contributed by atoms with van der Waals surface area (Å²) < 4.78 is 5.90. The maximum atomic E-state index is 5.90. The second-order valence-corrected chi connectivity index (χ2v) is 4.25. The predicted octanol–water partition coefficient (Wildman–Crippen LogP) is 2.51. The van der Waals surface area contributed by atoms with Crippen molar-refractivity contribution in [2.45, 2.75) is 50.7 Å². The molecule has 1 saturated carbocycles. The first-order valence-electron chi connectivity index (χ1n) is 5.65. The van der Waals surface area contributed by atoms with Gasteiger partial charge < -0.3 is 10.5 Å². The van der Waals surface area contributed by atoms with Gasteiger partial charge >= 0.3 is 0 Å². The van der Waals surface area contributed by atoms with Crippen LogP contribution in [-0.2, 0) is 4.74 Å². The maximum Gasteiger partial charge on any atom is 0.116 e. The number of rotatable bonds is 2. The fourth-order valence-corrected chi connectivity index (χ4v) is 2.13. The van der Waals surface area contributed by atoms with Crippen LogP contribution in [-0.4, -0.2) is 12.1 Å². The van der Waals surface area contributed by atoms with E-state index in [4.69, 9.17) is 10.5 Å². The number of hydrogen-bond donors (Lipinski definition) is 1. The van der Waals surface area contributed by atoms with Gasteiger partial charge in [0.05, 0.1) is 6.10 Å². The summed E-state index contributed by atoms with van der Waals surface area (Å²) >= 11 is 0. The van der Waals surface area contributed by atoms with E-state index in [2.05, 4.69) is 12.2 Å². The molecule has 0 amide bonds. The summed E-state index contributed by atoms with van der Waals surface area (Å²) in [4.78, 5) is 0. The molecule has 2 aliphatic carbocycles. The zero-order chi connectivity index (χ0) is 9.80. The van der Waals surface area contributed by atoms with Crippen molar-refractivity contribution in [1.29, 1.82) is 0 Å². The van der Waals surface area contributed by atoms with Crippen molar-refractivity contribution in [2.75, 3.05) is 0 Å². The quantitative estimate of drug-likeness (QED) is 0.731. The molecule has 0 aromatic heterocycles. The van der Waals surface area contributed by atoms with Crippen LogP contribution < -0.4 is 5.73 Å². The SMILES string of the molecule is NC1C=C(OC2CCCCC2)C=CC1. The number of hydrogen-bond acceptors (Lipinski definition) is 2. The molecule has 0 heterocycles. The van der Waals surface area contributed by atoms with E-state index in [0.717, 1.165) is 12.2 Å². The molecule has 2 nitrogen and oxygen atoms in total. The molecule has 78 valence electrons. The van der Waals surface area contributed by atoms with Crippen molar-refractivity contribution in [3.63, 3.8) is 0 Å². The van der Waals surface area contributed by atoms with Gasteiger partial charge in [-0.15, -0.1) is 0 Å². The van der Waals surface area contributed by atoms with E-state index in [1.165, 1.54) is 32.1 Å². The van der Waals surface area contributed by atoms with Crippen LogP contribution in [0, 0.1) is 0 Å². The molecule has 14 heavy (non-hydrogen) atoms. The van der Waals surface area contributed by atoms with Crippen molar-refractivity contribution >= 4 is 0 Å². The highest BCUT2D eigenvalue weighted by Crippen LogP contribution is 2.23. The van der Waals surface area contributed by atoms with Gasteiger partial charge in [-0.2, -0.15) is 0 Å². The molecule has 2 heteroatoms. The van der Waals surface area contributed by atoms with E-state index in [0.29, 0.717) is 6.10 Å². The fourth-order valence-electron chi connectivity index (χ4n) is 2.13. The molecule has 0 spiro atoms. The smallest absolute Gasteiger partial charge is 0.116 e. The average molecular weight is 193 g/mol. The van der Waals surface area contributed by atoms with Crippen molar-refractivity contribution < 1.29 is 4.74 Å². The highest BCUT2D eigenvalue weighted by molar-refractivity contribution is 5.20. The minimum atomic E-state index is 0.151. The van der Waals surface area contributed by atoms with Crippen molar-refractivity contribution in [3.8, 4) is 0 Å². The van der Waals surface area contributed by atoms with E-state index in [-0.39, 0.29) is 6.04 Å². The van der Waals surface area contributed by atoms with E-state index in [1.807, 2.05) is 6.08 Å². The minimum absolute atomic E-state index is 0.151. The van der Waals surface area contributed by atoms with Gasteiger partial charge in [-0.05, 0) is 44.3 Å². The summed E-state index contributed by atoms with van der Waals surface area (Å²) in [6.07, 6.45) is 14.0. The Morgan fingerprint density at radius 3 is 2.71 bits per heavy atom. The predicted molar refractivity (Wildman–Crippen MR) is 57.8 cm³/mol. The topological polar surface area (TPSA) is 35.2 Å². The molecule has 1 atom stereocenters. The summed E-state index contributed by atoms with van der Waals surface area (Å²) in [6.45, 7) is 0. The molecule has 2 rings (SSSR count). The standard InChI is InChI=1S/C12H19NO/c13-10-5-4-8-12(9-10)14-11-6-2-1-3-7-11/h4,8-11H,1-3,5-7,13H2. The van der Waals surface area contributed by atoms with Crippen LogP contribution in [0.3, 0.4) is 0 Å². The van der Waals surface area contributed by atoms with Crippen molar-refractivity contribution in [2.24, 2.45) is 5.73 Å². The lowest BCUT2D eigenvalue weighted by atomic mass is 9.97. The molecule has 0 radical (unpaired) electrons. The first kappa shape index (κ1) is 9.78. The van der Waals surface area contributed by atoms with Gasteiger partial charge in [-0.1, -0.05) is 12.5 Å². The highest BCUT2D eigenvalue weighted by Gasteiger charge is 2.16. The summed E-state index contributed by atoms with van der Waals surface area (Å²) in [5.41, 5.74) is 5.82. The van der Waals surface area contributed by atoms with Gasteiger partial charge in [0.25, 0.3) is 0 Å². The summed E-state index contributed by atoms with van der Waals surface area (Å²) in [5.74, 6) is 0.982. The molecule has 0 saturated heterocycles. The second-order valence-electron chi connectivity index (χ2n) is 4.25. The molecule has 2 aliphatic rings. The lowest BCUT2D eigenvalue weighted by Gasteiger charge is -2.25. The van der Waals surface area contributed by atoms with Crippen LogP contribution in [0.1, 0.15) is 38.5 Å². The molecular formula is C12H19NO. The molecule has 0 aromatic rings. The molecule has 0 bridgehead atoms. The minimum Gasteiger partial charge on any atom is -0.491 e. The zero-order valence-corrected chi connectivity index (χ0v) is 8.61. The Morgan fingerprint density at radius 1 is 1.21 bits per heavy atom. The third-order valence-corrected chi connectivity index (χ3v) is 2.92. The third kappa shape index (κ3) is 2.61. The Hall–Kier alpha value is -0.760. The van der Waals surface area contributed by atoms with Gasteiger partial charge in [0, 0.05) is 6.04 Å². The van der Waals surface area contributed by atoms with Crippen LogP contribution in [0.15, 0.2) is 24.0 Å². The lowest BCUT2D eigenvalue weighted by Crippen LogP contribution is -2.21. The number of ether oxygens (including phenoxy) is 1. The summed E-state index contributed by atoms with van der Waals surface area (Å²) in [7, 11) is 0. The zero-order valence-electron chi connectivity index (χ0n) is 8.61. The van der Waals surface area contributed by atoms with Gasteiger partial charge in [0.1, 0.15) is 5.76 Å². The fraction of sp³-hybridized carbons (Fsp3) is 0.667. The molecule has 1 fully saturated rings. The number of allylic oxidation sites excluding steroid dienone is 1. The Labute approximate surface area is 85.8 Å². The molecular weight excluding hydrogens is 174 g/mol. The number of nitrogens with two attached hydrogens (primary N) is 1. The third-order valence-electron chi connectivity index (χ3n) is 2.92. The van der Waals surface area contributed by atoms with E-state index in [1.54, 1.807) is 0 Å². The lowest BCUT2D eigenvalue weighted by molar-refractivity contribution is 0.0886. The first-order chi connectivity index (χ1) is 6.84. The van der Waals surface area contributed by atoms with E-state index in [9.17, 15) is 0 Å². The molecule has 0 aliphatic heterocycles. The van der Waals surface area contributed by atoms with Crippen molar-refractivity contribution in [3.05, 3.63) is 24.0 Å². The maximum absolute atomic E-state index is 5.90. The Bertz CT molecular complexity index is 239. The highest BCUT2D eigenvalue weighted by atomic mass is 16.5. The monoisotopic (exact) mass is 193 g/mol. The van der Waals surface area contributed by atoms with Gasteiger partial charge in [-0.3, -0.25) is 0 Å². The van der Waals surface area contributed by atoms with Crippen LogP contribution in [0.25, 0.3) is 0 Å². The average Bonchev–Trinajstić information content (AvgIpc) is 2.19. The first-order valence-corrected chi connectivity index (χ1v) is 5.65. The van der Waals surface area contributed by atoms with Gasteiger partial charge in [0.15, 0.2) is 0 Å². The van der Waals surface area contributed by atoms with Crippen LogP contribution in [0.5, 0.6) is 0 Å². The second kappa shape index (κ2) is 4.65. The Balaban J connectivity index is 1.86. The Kier molecular flexibility index (Phi) is 3.25. The largest absolute Gasteiger partial charge is 0.491 e. The van der Waals surface area contributed by atoms with Crippen LogP contribution in [0.2, 0.25) is 0 Å².